The third-order valence-corrected chi connectivity index (χ3v) is 6.16. The van der Waals surface area contributed by atoms with E-state index in [1.807, 2.05) is 32.9 Å². The second-order valence-electron chi connectivity index (χ2n) is 11.1. The third kappa shape index (κ3) is 4.16. The molecule has 0 aliphatic heterocycles. The number of nitrogens with one attached hydrogen (secondary N) is 2. The zero-order chi connectivity index (χ0) is 26.7. The van der Waals surface area contributed by atoms with Gasteiger partial charge >= 0.3 is 0 Å². The number of nitrogens with zero attached hydrogens (tertiary/aromatic N) is 4. The summed E-state index contributed by atoms with van der Waals surface area (Å²) < 4.78 is 0. The number of hydrogen-bond acceptors (Lipinski definition) is 7. The first-order valence-electron chi connectivity index (χ1n) is 12.0. The molecule has 6 rings (SSSR count). The lowest BCUT2D eigenvalue weighted by atomic mass is 9.94. The highest BCUT2D eigenvalue weighted by molar-refractivity contribution is 6.52. The van der Waals surface area contributed by atoms with Crippen LogP contribution in [0.2, 0.25) is 0 Å². The van der Waals surface area contributed by atoms with E-state index in [9.17, 15) is 14.7 Å². The Bertz CT molecular complexity index is 1700. The second kappa shape index (κ2) is 8.33. The number of benzene rings is 1. The van der Waals surface area contributed by atoms with Crippen molar-refractivity contribution in [3.8, 4) is 17.1 Å². The molecule has 0 amide bonds. The molecule has 9 heteroatoms. The lowest BCUT2D eigenvalue weighted by molar-refractivity contribution is 0.0812. The number of fused-ring (bicyclic) bond motifs is 6. The highest BCUT2D eigenvalue weighted by Gasteiger charge is 2.35. The van der Waals surface area contributed by atoms with Crippen LogP contribution in [-0.4, -0.2) is 46.6 Å². The number of carbonyl (C=O) groups excluding carboxylic acids is 2. The fraction of sp³-hybridized carbons (Fsp3) is 0.286. The normalized spacial score (nSPS) is 13.4. The van der Waals surface area contributed by atoms with E-state index in [2.05, 4.69) is 50.7 Å². The topological polar surface area (TPSA) is 138 Å². The van der Waals surface area contributed by atoms with Crippen LogP contribution in [0.4, 0.5) is 0 Å². The summed E-state index contributed by atoms with van der Waals surface area (Å²) >= 11 is 0. The van der Waals surface area contributed by atoms with Crippen molar-refractivity contribution in [2.24, 2.45) is 0 Å². The van der Waals surface area contributed by atoms with E-state index in [1.54, 1.807) is 30.6 Å². The number of imidazole rings is 2. The van der Waals surface area contributed by atoms with Gasteiger partial charge in [-0.3, -0.25) is 19.6 Å². The summed E-state index contributed by atoms with van der Waals surface area (Å²) in [7, 11) is 0. The van der Waals surface area contributed by atoms with Gasteiger partial charge in [-0.1, -0.05) is 41.5 Å². The average molecular weight is 497 g/mol. The highest BCUT2D eigenvalue weighted by Crippen LogP contribution is 2.33. The maximum absolute atomic E-state index is 12.1. The summed E-state index contributed by atoms with van der Waals surface area (Å²) in [6.07, 6.45) is 3.31. The maximum Gasteiger partial charge on any atom is 0.252 e. The van der Waals surface area contributed by atoms with Crippen molar-refractivity contribution in [1.29, 1.82) is 0 Å². The number of H-pyrrole nitrogens is 2. The molecule has 37 heavy (non-hydrogen) atoms. The summed E-state index contributed by atoms with van der Waals surface area (Å²) in [4.78, 5) is 47.9. The molecule has 5 aromatic rings. The Morgan fingerprint density at radius 2 is 1.41 bits per heavy atom. The van der Waals surface area contributed by atoms with Gasteiger partial charge in [0.1, 0.15) is 45.5 Å². The van der Waals surface area contributed by atoms with Crippen LogP contribution in [-0.2, 0) is 10.8 Å². The molecule has 0 radical (unpaired) electrons. The van der Waals surface area contributed by atoms with Crippen LogP contribution in [0.25, 0.3) is 33.3 Å². The number of rotatable bonds is 0. The van der Waals surface area contributed by atoms with Gasteiger partial charge in [0.15, 0.2) is 0 Å². The van der Waals surface area contributed by atoms with Crippen LogP contribution in [0.5, 0.6) is 5.75 Å². The Morgan fingerprint density at radius 3 is 2.11 bits per heavy atom. The number of phenolic OH excluding ortho intramolecular Hbond substituents is 1. The molecule has 1 aliphatic rings. The van der Waals surface area contributed by atoms with Crippen LogP contribution in [0, 0.1) is 0 Å². The molecule has 0 fully saturated rings. The van der Waals surface area contributed by atoms with Crippen molar-refractivity contribution >= 4 is 33.5 Å². The van der Waals surface area contributed by atoms with Crippen LogP contribution in [0.3, 0.4) is 0 Å². The molecular formula is C28H28N6O3. The first-order valence-corrected chi connectivity index (χ1v) is 12.0. The van der Waals surface area contributed by atoms with E-state index in [0.717, 1.165) is 27.8 Å². The molecular weight excluding hydrogens is 468 g/mol. The lowest BCUT2D eigenvalue weighted by Crippen LogP contribution is -2.22. The largest absolute Gasteiger partial charge is 0.507 e. The SMILES string of the molecule is CC(C)(C)c1nc2c([nH]1)C(=O)C(=O)c1cccnc1-2.CC(C)(C)c1nc2c(cc(O)c3cccnc32)[nH]1. The number of aromatic nitrogens is 6. The summed E-state index contributed by atoms with van der Waals surface area (Å²) in [6, 6.07) is 8.62. The number of aromatic amines is 2. The Balaban J connectivity index is 0.000000152. The summed E-state index contributed by atoms with van der Waals surface area (Å²) in [6.45, 7) is 12.3. The van der Waals surface area contributed by atoms with Gasteiger partial charge in [0.25, 0.3) is 5.78 Å². The van der Waals surface area contributed by atoms with Crippen molar-refractivity contribution in [2.75, 3.05) is 0 Å². The number of phenols is 1. The first kappa shape index (κ1) is 24.3. The van der Waals surface area contributed by atoms with Crippen molar-refractivity contribution in [3.63, 3.8) is 0 Å². The molecule has 9 nitrogen and oxygen atoms in total. The Kier molecular flexibility index (Phi) is 5.47. The zero-order valence-corrected chi connectivity index (χ0v) is 21.6. The van der Waals surface area contributed by atoms with E-state index >= 15 is 0 Å². The number of carbonyl (C=O) groups is 2. The fourth-order valence-electron chi connectivity index (χ4n) is 4.12. The van der Waals surface area contributed by atoms with E-state index in [0.29, 0.717) is 22.8 Å². The van der Waals surface area contributed by atoms with Gasteiger partial charge in [-0.05, 0) is 24.3 Å². The highest BCUT2D eigenvalue weighted by atomic mass is 16.3. The van der Waals surface area contributed by atoms with Gasteiger partial charge in [0, 0.05) is 34.7 Å². The third-order valence-electron chi connectivity index (χ3n) is 6.16. The van der Waals surface area contributed by atoms with Gasteiger partial charge in [0.05, 0.1) is 11.1 Å². The van der Waals surface area contributed by atoms with Crippen LogP contribution >= 0.6 is 0 Å². The molecule has 0 saturated heterocycles. The first-order chi connectivity index (χ1) is 17.4. The number of aromatic hydroxyl groups is 1. The molecule has 4 aromatic heterocycles. The molecule has 0 atom stereocenters. The minimum atomic E-state index is -0.543. The Labute approximate surface area is 213 Å². The molecule has 188 valence electrons. The standard InChI is InChI=1S/C14H13N3O2.C14H15N3O/c1-14(2,3)13-16-9-8-7(5-4-6-15-8)11(18)12(19)10(9)17-13;1-14(2,3)13-16-9-7-10(18)8-5-4-6-15-11(8)12(9)17-13/h4-6H,1-3H3,(H,16,17);4-7,18H,1-3H3,(H,16,17). The maximum atomic E-state index is 12.1. The van der Waals surface area contributed by atoms with Crippen LogP contribution < -0.4 is 0 Å². The van der Waals surface area contributed by atoms with Crippen molar-refractivity contribution in [3.05, 3.63) is 65.6 Å². The van der Waals surface area contributed by atoms with Crippen molar-refractivity contribution < 1.29 is 14.7 Å². The number of ketones is 2. The van der Waals surface area contributed by atoms with E-state index in [-0.39, 0.29) is 22.3 Å². The molecule has 3 N–H and O–H groups in total. The second-order valence-corrected chi connectivity index (χ2v) is 11.1. The average Bonchev–Trinajstić information content (AvgIpc) is 3.49. The van der Waals surface area contributed by atoms with Gasteiger partial charge in [-0.15, -0.1) is 0 Å². The summed E-state index contributed by atoms with van der Waals surface area (Å²) in [5.41, 5.74) is 3.62. The minimum absolute atomic E-state index is 0.0598. The molecule has 1 aromatic carbocycles. The predicted octanol–water partition coefficient (Wildman–Crippen LogP) is 5.26. The minimum Gasteiger partial charge on any atom is -0.507 e. The van der Waals surface area contributed by atoms with Gasteiger partial charge in [0.2, 0.25) is 5.78 Å². The molecule has 0 saturated carbocycles. The fourth-order valence-corrected chi connectivity index (χ4v) is 4.12. The molecule has 4 heterocycles. The van der Waals surface area contributed by atoms with E-state index in [1.165, 1.54) is 0 Å². The monoisotopic (exact) mass is 496 g/mol. The number of Topliss-reactive ketones (excluding diaryl/α,β-unsaturated/α-hetero) is 2. The number of pyridine rings is 2. The zero-order valence-electron chi connectivity index (χ0n) is 21.6. The van der Waals surface area contributed by atoms with E-state index < -0.39 is 11.6 Å². The lowest BCUT2D eigenvalue weighted by Gasteiger charge is -2.13. The Hall–Kier alpha value is -4.40. The molecule has 1 aliphatic carbocycles. The predicted molar refractivity (Wildman–Crippen MR) is 141 cm³/mol. The smallest absolute Gasteiger partial charge is 0.252 e. The Morgan fingerprint density at radius 1 is 0.757 bits per heavy atom. The van der Waals surface area contributed by atoms with Crippen LogP contribution in [0.15, 0.2) is 42.7 Å². The van der Waals surface area contributed by atoms with Crippen molar-refractivity contribution in [2.45, 2.75) is 52.4 Å². The van der Waals surface area contributed by atoms with Gasteiger partial charge < -0.3 is 15.1 Å². The molecule has 0 spiro atoms. The quantitative estimate of drug-likeness (QED) is 0.249. The van der Waals surface area contributed by atoms with Gasteiger partial charge in [-0.2, -0.15) is 0 Å². The summed E-state index contributed by atoms with van der Waals surface area (Å²) in [5.74, 6) is 0.736. The number of hydrogen-bond donors (Lipinski definition) is 3. The molecule has 0 unspecified atom stereocenters. The van der Waals surface area contributed by atoms with Gasteiger partial charge in [-0.25, -0.2) is 9.97 Å². The van der Waals surface area contributed by atoms with Crippen molar-refractivity contribution in [1.82, 2.24) is 29.9 Å². The summed E-state index contributed by atoms with van der Waals surface area (Å²) in [5, 5.41) is 10.7. The van der Waals surface area contributed by atoms with E-state index in [4.69, 9.17) is 0 Å². The van der Waals surface area contributed by atoms with Crippen LogP contribution in [0.1, 0.15) is 74.0 Å². The molecule has 0 bridgehead atoms.